The SMILES string of the molecule is CCOC(=O)c1ccccc1NC(=O)C1CCC(CN)O1. The molecule has 0 aromatic heterocycles. The minimum absolute atomic E-state index is 0.0685. The fourth-order valence-electron chi connectivity index (χ4n) is 2.26. The topological polar surface area (TPSA) is 90.7 Å². The molecule has 1 amide bonds. The number of carbonyl (C=O) groups is 2. The van der Waals surface area contributed by atoms with Crippen LogP contribution >= 0.6 is 0 Å². The number of nitrogens with one attached hydrogen (secondary N) is 1. The highest BCUT2D eigenvalue weighted by molar-refractivity contribution is 6.02. The lowest BCUT2D eigenvalue weighted by molar-refractivity contribution is -0.126. The van der Waals surface area contributed by atoms with Crippen LogP contribution in [-0.4, -0.2) is 37.2 Å². The highest BCUT2D eigenvalue weighted by atomic mass is 16.5. The Kier molecular flexibility index (Phi) is 5.30. The first-order valence-corrected chi connectivity index (χ1v) is 7.08. The van der Waals surface area contributed by atoms with Gasteiger partial charge in [-0.05, 0) is 31.9 Å². The molecule has 1 aromatic carbocycles. The van der Waals surface area contributed by atoms with Crippen molar-refractivity contribution in [2.24, 2.45) is 5.73 Å². The van der Waals surface area contributed by atoms with Crippen LogP contribution in [0.3, 0.4) is 0 Å². The van der Waals surface area contributed by atoms with Gasteiger partial charge in [-0.25, -0.2) is 4.79 Å². The number of amides is 1. The summed E-state index contributed by atoms with van der Waals surface area (Å²) < 4.78 is 10.5. The van der Waals surface area contributed by atoms with Crippen molar-refractivity contribution in [3.8, 4) is 0 Å². The van der Waals surface area contributed by atoms with Crippen LogP contribution in [-0.2, 0) is 14.3 Å². The Labute approximate surface area is 123 Å². The lowest BCUT2D eigenvalue weighted by Gasteiger charge is -2.14. The summed E-state index contributed by atoms with van der Waals surface area (Å²) in [6.45, 7) is 2.42. The van der Waals surface area contributed by atoms with Gasteiger partial charge in [-0.3, -0.25) is 4.79 Å². The summed E-state index contributed by atoms with van der Waals surface area (Å²) in [5, 5.41) is 2.73. The van der Waals surface area contributed by atoms with Gasteiger partial charge in [-0.15, -0.1) is 0 Å². The quantitative estimate of drug-likeness (QED) is 0.798. The van der Waals surface area contributed by atoms with Gasteiger partial charge in [-0.2, -0.15) is 0 Å². The highest BCUT2D eigenvalue weighted by Gasteiger charge is 2.30. The smallest absolute Gasteiger partial charge is 0.340 e. The van der Waals surface area contributed by atoms with Crippen molar-refractivity contribution in [1.29, 1.82) is 0 Å². The minimum atomic E-state index is -0.520. The van der Waals surface area contributed by atoms with Crippen LogP contribution in [0.25, 0.3) is 0 Å². The standard InChI is InChI=1S/C15H20N2O4/c1-2-20-15(19)11-5-3-4-6-12(11)17-14(18)13-8-7-10(9-16)21-13/h3-6,10,13H,2,7-9,16H2,1H3,(H,17,18). The number of rotatable bonds is 5. The summed E-state index contributed by atoms with van der Waals surface area (Å²) in [6, 6.07) is 6.75. The first-order valence-electron chi connectivity index (χ1n) is 7.08. The van der Waals surface area contributed by atoms with Gasteiger partial charge in [0, 0.05) is 6.54 Å². The monoisotopic (exact) mass is 292 g/mol. The van der Waals surface area contributed by atoms with Crippen molar-refractivity contribution < 1.29 is 19.1 Å². The van der Waals surface area contributed by atoms with E-state index in [4.69, 9.17) is 15.2 Å². The number of hydrogen-bond donors (Lipinski definition) is 2. The molecule has 6 heteroatoms. The van der Waals surface area contributed by atoms with Crippen molar-refractivity contribution >= 4 is 17.6 Å². The first-order chi connectivity index (χ1) is 10.2. The lowest BCUT2D eigenvalue weighted by atomic mass is 10.1. The van der Waals surface area contributed by atoms with Crippen LogP contribution in [0, 0.1) is 0 Å². The molecule has 0 bridgehead atoms. The van der Waals surface area contributed by atoms with Gasteiger partial charge in [-0.1, -0.05) is 12.1 Å². The molecule has 0 spiro atoms. The molecule has 1 aliphatic heterocycles. The average molecular weight is 292 g/mol. The second-order valence-corrected chi connectivity index (χ2v) is 4.82. The van der Waals surface area contributed by atoms with Crippen molar-refractivity contribution in [1.82, 2.24) is 0 Å². The number of esters is 1. The van der Waals surface area contributed by atoms with E-state index in [0.717, 1.165) is 6.42 Å². The van der Waals surface area contributed by atoms with Gasteiger partial charge >= 0.3 is 5.97 Å². The summed E-state index contributed by atoms with van der Waals surface area (Å²) in [4.78, 5) is 24.0. The maximum Gasteiger partial charge on any atom is 0.340 e. The van der Waals surface area contributed by atoms with E-state index < -0.39 is 12.1 Å². The molecule has 114 valence electrons. The zero-order chi connectivity index (χ0) is 15.2. The number of benzene rings is 1. The van der Waals surface area contributed by atoms with Crippen molar-refractivity contribution in [2.75, 3.05) is 18.5 Å². The van der Waals surface area contributed by atoms with Crippen LogP contribution in [0.5, 0.6) is 0 Å². The zero-order valence-electron chi connectivity index (χ0n) is 12.0. The number of ether oxygens (including phenoxy) is 2. The van der Waals surface area contributed by atoms with Crippen molar-refractivity contribution in [2.45, 2.75) is 32.0 Å². The second kappa shape index (κ2) is 7.19. The molecule has 21 heavy (non-hydrogen) atoms. The number of carbonyl (C=O) groups excluding carboxylic acids is 2. The van der Waals surface area contributed by atoms with E-state index in [0.29, 0.717) is 24.2 Å². The fourth-order valence-corrected chi connectivity index (χ4v) is 2.26. The number of para-hydroxylation sites is 1. The van der Waals surface area contributed by atoms with E-state index in [9.17, 15) is 9.59 Å². The Morgan fingerprint density at radius 1 is 1.38 bits per heavy atom. The van der Waals surface area contributed by atoms with Crippen LogP contribution < -0.4 is 11.1 Å². The normalized spacial score (nSPS) is 21.0. The maximum atomic E-state index is 12.2. The molecule has 1 heterocycles. The molecule has 2 unspecified atom stereocenters. The van der Waals surface area contributed by atoms with E-state index >= 15 is 0 Å². The van der Waals surface area contributed by atoms with Crippen LogP contribution in [0.15, 0.2) is 24.3 Å². The van der Waals surface area contributed by atoms with Gasteiger partial charge < -0.3 is 20.5 Å². The van der Waals surface area contributed by atoms with Gasteiger partial charge in [0.05, 0.1) is 24.0 Å². The first kappa shape index (κ1) is 15.5. The molecule has 1 saturated heterocycles. The third-order valence-electron chi connectivity index (χ3n) is 3.34. The number of anilines is 1. The van der Waals surface area contributed by atoms with Crippen molar-refractivity contribution in [3.63, 3.8) is 0 Å². The van der Waals surface area contributed by atoms with Gasteiger partial charge in [0.15, 0.2) is 0 Å². The molecule has 3 N–H and O–H groups in total. The Morgan fingerprint density at radius 3 is 2.81 bits per heavy atom. The Morgan fingerprint density at radius 2 is 2.14 bits per heavy atom. The molecule has 0 radical (unpaired) electrons. The summed E-state index contributed by atoms with van der Waals surface area (Å²) in [5.41, 5.74) is 6.29. The third kappa shape index (κ3) is 3.80. The molecule has 6 nitrogen and oxygen atoms in total. The van der Waals surface area contributed by atoms with Gasteiger partial charge in [0.25, 0.3) is 5.91 Å². The number of nitrogens with two attached hydrogens (primary N) is 1. The molecule has 2 rings (SSSR count). The summed E-state index contributed by atoms with van der Waals surface area (Å²) >= 11 is 0. The van der Waals surface area contributed by atoms with E-state index in [-0.39, 0.29) is 18.6 Å². The Hall–Kier alpha value is -1.92. The lowest BCUT2D eigenvalue weighted by Crippen LogP contribution is -2.30. The van der Waals surface area contributed by atoms with Crippen LogP contribution in [0.4, 0.5) is 5.69 Å². The molecule has 1 fully saturated rings. The molecule has 0 aliphatic carbocycles. The fraction of sp³-hybridized carbons (Fsp3) is 0.467. The largest absolute Gasteiger partial charge is 0.462 e. The summed E-state index contributed by atoms with van der Waals surface area (Å²) in [7, 11) is 0. The van der Waals surface area contributed by atoms with E-state index in [2.05, 4.69) is 5.32 Å². The zero-order valence-corrected chi connectivity index (χ0v) is 12.0. The van der Waals surface area contributed by atoms with E-state index in [1.165, 1.54) is 0 Å². The molecular weight excluding hydrogens is 272 g/mol. The molecular formula is C15H20N2O4. The van der Waals surface area contributed by atoms with Crippen LogP contribution in [0.2, 0.25) is 0 Å². The van der Waals surface area contributed by atoms with Gasteiger partial charge in [0.1, 0.15) is 6.10 Å². The number of hydrogen-bond acceptors (Lipinski definition) is 5. The Balaban J connectivity index is 2.06. The predicted octanol–water partition coefficient (Wildman–Crippen LogP) is 1.31. The minimum Gasteiger partial charge on any atom is -0.462 e. The van der Waals surface area contributed by atoms with Crippen molar-refractivity contribution in [3.05, 3.63) is 29.8 Å². The summed E-state index contributed by atoms with van der Waals surface area (Å²) in [5.74, 6) is -0.719. The maximum absolute atomic E-state index is 12.2. The molecule has 1 aliphatic rings. The highest BCUT2D eigenvalue weighted by Crippen LogP contribution is 2.22. The molecule has 2 atom stereocenters. The third-order valence-corrected chi connectivity index (χ3v) is 3.34. The predicted molar refractivity (Wildman–Crippen MR) is 78.0 cm³/mol. The molecule has 0 saturated carbocycles. The Bertz CT molecular complexity index is 518. The summed E-state index contributed by atoms with van der Waals surface area (Å²) in [6.07, 6.45) is 0.818. The second-order valence-electron chi connectivity index (χ2n) is 4.82. The van der Waals surface area contributed by atoms with Crippen LogP contribution in [0.1, 0.15) is 30.1 Å². The molecule has 1 aromatic rings. The average Bonchev–Trinajstić information content (AvgIpc) is 2.97. The van der Waals surface area contributed by atoms with E-state index in [1.807, 2.05) is 0 Å². The van der Waals surface area contributed by atoms with E-state index in [1.54, 1.807) is 31.2 Å². The van der Waals surface area contributed by atoms with Gasteiger partial charge in [0.2, 0.25) is 0 Å².